The number of carbonyl (C=O) groups excluding carboxylic acids is 1. The number of halogens is 2. The summed E-state index contributed by atoms with van der Waals surface area (Å²) in [5.74, 6) is -1.49. The minimum atomic E-state index is -0.965. The van der Waals surface area contributed by atoms with Crippen LogP contribution in [0.3, 0.4) is 0 Å². The van der Waals surface area contributed by atoms with Crippen molar-refractivity contribution >= 4 is 5.97 Å². The van der Waals surface area contributed by atoms with Gasteiger partial charge in [0.25, 0.3) is 0 Å². The van der Waals surface area contributed by atoms with E-state index in [-0.39, 0.29) is 6.42 Å². The molecule has 1 aliphatic rings. The second-order valence-electron chi connectivity index (χ2n) is 2.86. The minimum Gasteiger partial charge on any atom is -0.255 e. The first kappa shape index (κ1) is 8.43. The summed E-state index contributed by atoms with van der Waals surface area (Å²) in [6, 6.07) is 0. The number of rotatable bonds is 1. The molecule has 0 aromatic carbocycles. The van der Waals surface area contributed by atoms with Gasteiger partial charge in [0.2, 0.25) is 0 Å². The Balaban J connectivity index is 2.39. The molecular formula is C7H10F2O2. The molecule has 0 aromatic heterocycles. The van der Waals surface area contributed by atoms with E-state index in [1.54, 1.807) is 0 Å². The molecule has 1 fully saturated rings. The van der Waals surface area contributed by atoms with Crippen molar-refractivity contribution in [1.82, 2.24) is 0 Å². The van der Waals surface area contributed by atoms with Gasteiger partial charge in [0.1, 0.15) is 6.17 Å². The molecule has 64 valence electrons. The summed E-state index contributed by atoms with van der Waals surface area (Å²) in [6.07, 6.45) is 0.816. The summed E-state index contributed by atoms with van der Waals surface area (Å²) in [5, 5.41) is 0. The first-order valence-electron chi connectivity index (χ1n) is 3.70. The van der Waals surface area contributed by atoms with Crippen LogP contribution >= 0.6 is 0 Å². The lowest BCUT2D eigenvalue weighted by atomic mass is 9.88. The topological polar surface area (TPSA) is 26.3 Å². The highest BCUT2D eigenvalue weighted by Crippen LogP contribution is 2.27. The summed E-state index contributed by atoms with van der Waals surface area (Å²) >= 11 is 0. The van der Waals surface area contributed by atoms with E-state index in [1.807, 2.05) is 0 Å². The van der Waals surface area contributed by atoms with Crippen LogP contribution in [0.5, 0.6) is 0 Å². The van der Waals surface area contributed by atoms with Crippen molar-refractivity contribution in [3.8, 4) is 0 Å². The van der Waals surface area contributed by atoms with Gasteiger partial charge >= 0.3 is 5.97 Å². The van der Waals surface area contributed by atoms with Gasteiger partial charge < -0.3 is 0 Å². The van der Waals surface area contributed by atoms with Gasteiger partial charge in [-0.2, -0.15) is 0 Å². The van der Waals surface area contributed by atoms with Gasteiger partial charge in [0, 0.05) is 4.53 Å². The molecular weight excluding hydrogens is 154 g/mol. The van der Waals surface area contributed by atoms with Crippen LogP contribution in [0, 0.1) is 5.92 Å². The van der Waals surface area contributed by atoms with Crippen LogP contribution in [0.2, 0.25) is 0 Å². The zero-order valence-corrected chi connectivity index (χ0v) is 6.06. The Morgan fingerprint density at radius 3 is 2.73 bits per heavy atom. The molecule has 2 atom stereocenters. The minimum absolute atomic E-state index is 0.114. The van der Waals surface area contributed by atoms with Crippen molar-refractivity contribution in [2.24, 2.45) is 5.92 Å². The van der Waals surface area contributed by atoms with Crippen molar-refractivity contribution in [2.75, 3.05) is 0 Å². The largest absolute Gasteiger partial charge is 0.351 e. The highest BCUT2D eigenvalue weighted by Gasteiger charge is 2.28. The highest BCUT2D eigenvalue weighted by atomic mass is 19.3. The fourth-order valence-corrected chi connectivity index (χ4v) is 1.41. The predicted octanol–water partition coefficient (Wildman–Crippen LogP) is 1.94. The average Bonchev–Trinajstić information content (AvgIpc) is 2.03. The Morgan fingerprint density at radius 1 is 1.45 bits per heavy atom. The molecule has 4 heteroatoms. The van der Waals surface area contributed by atoms with Gasteiger partial charge in [0.05, 0.1) is 5.92 Å². The van der Waals surface area contributed by atoms with E-state index in [9.17, 15) is 13.7 Å². The molecule has 0 aliphatic heterocycles. The maximum absolute atomic E-state index is 12.6. The Bertz CT molecular complexity index is 149. The van der Waals surface area contributed by atoms with Crippen LogP contribution in [0.25, 0.3) is 0 Å². The third-order valence-electron chi connectivity index (χ3n) is 2.02. The zero-order valence-electron chi connectivity index (χ0n) is 6.06. The lowest BCUT2D eigenvalue weighted by Gasteiger charge is -2.20. The average molecular weight is 164 g/mol. The van der Waals surface area contributed by atoms with E-state index >= 15 is 0 Å². The molecule has 0 saturated heterocycles. The van der Waals surface area contributed by atoms with Gasteiger partial charge in [-0.1, -0.05) is 0 Å². The van der Waals surface area contributed by atoms with Crippen molar-refractivity contribution in [1.29, 1.82) is 0 Å². The lowest BCUT2D eigenvalue weighted by Crippen LogP contribution is -2.23. The van der Waals surface area contributed by atoms with E-state index < -0.39 is 18.1 Å². The normalized spacial score (nSPS) is 31.5. The summed E-state index contributed by atoms with van der Waals surface area (Å²) in [5.41, 5.74) is 0. The molecule has 1 rings (SSSR count). The third-order valence-corrected chi connectivity index (χ3v) is 2.02. The van der Waals surface area contributed by atoms with E-state index in [2.05, 4.69) is 4.94 Å². The Kier molecular flexibility index (Phi) is 2.79. The van der Waals surface area contributed by atoms with Crippen LogP contribution < -0.4 is 0 Å². The van der Waals surface area contributed by atoms with E-state index in [0.717, 1.165) is 0 Å². The van der Waals surface area contributed by atoms with Crippen molar-refractivity contribution in [2.45, 2.75) is 31.9 Å². The molecule has 0 spiro atoms. The smallest absolute Gasteiger partial charge is 0.255 e. The van der Waals surface area contributed by atoms with Crippen LogP contribution in [0.4, 0.5) is 8.92 Å². The molecule has 11 heavy (non-hydrogen) atoms. The van der Waals surface area contributed by atoms with Crippen molar-refractivity contribution in [3.63, 3.8) is 0 Å². The molecule has 0 amide bonds. The SMILES string of the molecule is O=C(OF)C1CCCC(F)C1. The first-order chi connectivity index (χ1) is 5.24. The molecule has 1 aliphatic carbocycles. The highest BCUT2D eigenvalue weighted by molar-refractivity contribution is 5.71. The molecule has 0 bridgehead atoms. The molecule has 0 aromatic rings. The second-order valence-corrected chi connectivity index (χ2v) is 2.86. The Hall–Kier alpha value is -0.670. The van der Waals surface area contributed by atoms with E-state index in [0.29, 0.717) is 19.3 Å². The fourth-order valence-electron chi connectivity index (χ4n) is 1.41. The van der Waals surface area contributed by atoms with Crippen LogP contribution in [-0.4, -0.2) is 12.1 Å². The third kappa shape index (κ3) is 2.13. The maximum Gasteiger partial charge on any atom is 0.351 e. The van der Waals surface area contributed by atoms with Gasteiger partial charge in [-0.3, -0.25) is 4.94 Å². The summed E-state index contributed by atoms with van der Waals surface area (Å²) in [4.78, 5) is 13.6. The molecule has 1 saturated carbocycles. The van der Waals surface area contributed by atoms with Gasteiger partial charge in [-0.25, -0.2) is 9.18 Å². The Morgan fingerprint density at radius 2 is 2.18 bits per heavy atom. The van der Waals surface area contributed by atoms with E-state index in [1.165, 1.54) is 0 Å². The number of alkyl halides is 1. The molecule has 2 unspecified atom stereocenters. The number of hydrogen-bond donors (Lipinski definition) is 0. The molecule has 0 N–H and O–H groups in total. The zero-order chi connectivity index (χ0) is 8.27. The fraction of sp³-hybridized carbons (Fsp3) is 0.857. The van der Waals surface area contributed by atoms with E-state index in [4.69, 9.17) is 0 Å². The number of carbonyl (C=O) groups is 1. The Labute approximate surface area is 63.4 Å². The summed E-state index contributed by atoms with van der Waals surface area (Å²) < 4.78 is 23.9. The molecule has 0 heterocycles. The summed E-state index contributed by atoms with van der Waals surface area (Å²) in [7, 11) is 0. The van der Waals surface area contributed by atoms with Gasteiger partial charge in [0.15, 0.2) is 0 Å². The van der Waals surface area contributed by atoms with Gasteiger partial charge in [-0.05, 0) is 25.7 Å². The maximum atomic E-state index is 12.6. The van der Waals surface area contributed by atoms with Crippen LogP contribution in [0.15, 0.2) is 0 Å². The monoisotopic (exact) mass is 164 g/mol. The number of hydrogen-bond acceptors (Lipinski definition) is 2. The van der Waals surface area contributed by atoms with Gasteiger partial charge in [-0.15, -0.1) is 0 Å². The van der Waals surface area contributed by atoms with Crippen molar-refractivity contribution < 1.29 is 18.7 Å². The standard InChI is InChI=1S/C7H10F2O2/c8-6-3-1-2-5(4-6)7(10)11-9/h5-6H,1-4H2. The van der Waals surface area contributed by atoms with Crippen LogP contribution in [-0.2, 0) is 9.74 Å². The molecule has 2 nitrogen and oxygen atoms in total. The van der Waals surface area contributed by atoms with Crippen LogP contribution in [0.1, 0.15) is 25.7 Å². The first-order valence-corrected chi connectivity index (χ1v) is 3.70. The predicted molar refractivity (Wildman–Crippen MR) is 34.1 cm³/mol. The lowest BCUT2D eigenvalue weighted by molar-refractivity contribution is -0.190. The summed E-state index contributed by atoms with van der Waals surface area (Å²) in [6.45, 7) is 0. The quantitative estimate of drug-likeness (QED) is 0.592. The van der Waals surface area contributed by atoms with Crippen molar-refractivity contribution in [3.05, 3.63) is 0 Å². The molecule has 0 radical (unpaired) electrons. The second kappa shape index (κ2) is 3.64.